The number of aliphatic carboxylic acids is 1. The lowest BCUT2D eigenvalue weighted by molar-refractivity contribution is -0.145. The molecule has 0 heterocycles. The van der Waals surface area contributed by atoms with Crippen molar-refractivity contribution in [1.29, 1.82) is 0 Å². The lowest BCUT2D eigenvalue weighted by Crippen LogP contribution is -2.26. The smallest absolute Gasteiger partial charge is 0.344 e. The molecule has 0 fully saturated rings. The standard InChI is InChI=1S/C10H10Cl2O3/c1-2-7(10(13)14)15-8-5-3-4-6(11)9(8)12/h3-5,7H,2H2,1H3,(H,13,14). The van der Waals surface area contributed by atoms with Crippen molar-refractivity contribution in [3.05, 3.63) is 28.2 Å². The minimum absolute atomic E-state index is 0.235. The Bertz CT molecular complexity index is 366. The van der Waals surface area contributed by atoms with Crippen molar-refractivity contribution in [3.8, 4) is 5.75 Å². The van der Waals surface area contributed by atoms with Gasteiger partial charge in [-0.25, -0.2) is 4.79 Å². The Labute approximate surface area is 97.6 Å². The molecule has 0 aromatic heterocycles. The quantitative estimate of drug-likeness (QED) is 0.890. The molecule has 0 bridgehead atoms. The molecule has 1 atom stereocenters. The van der Waals surface area contributed by atoms with E-state index in [0.29, 0.717) is 17.2 Å². The second-order valence-corrected chi connectivity index (χ2v) is 3.69. The lowest BCUT2D eigenvalue weighted by atomic mass is 10.2. The first kappa shape index (κ1) is 12.1. The number of carboxylic acids is 1. The third kappa shape index (κ3) is 3.01. The van der Waals surface area contributed by atoms with E-state index in [4.69, 9.17) is 33.0 Å². The van der Waals surface area contributed by atoms with Crippen LogP contribution in [0.4, 0.5) is 0 Å². The zero-order valence-electron chi connectivity index (χ0n) is 8.04. The second kappa shape index (κ2) is 5.24. The fraction of sp³-hybridized carbons (Fsp3) is 0.300. The van der Waals surface area contributed by atoms with Crippen LogP contribution in [0, 0.1) is 0 Å². The van der Waals surface area contributed by atoms with Gasteiger partial charge in [-0.2, -0.15) is 0 Å². The Morgan fingerprint density at radius 3 is 2.73 bits per heavy atom. The van der Waals surface area contributed by atoms with Crippen LogP contribution in [0.25, 0.3) is 0 Å². The van der Waals surface area contributed by atoms with Crippen molar-refractivity contribution in [3.63, 3.8) is 0 Å². The molecular weight excluding hydrogens is 239 g/mol. The number of benzene rings is 1. The molecule has 15 heavy (non-hydrogen) atoms. The highest BCUT2D eigenvalue weighted by Gasteiger charge is 2.18. The predicted molar refractivity (Wildman–Crippen MR) is 58.8 cm³/mol. The third-order valence-electron chi connectivity index (χ3n) is 1.83. The van der Waals surface area contributed by atoms with E-state index in [1.165, 1.54) is 0 Å². The Kier molecular flexibility index (Phi) is 4.24. The summed E-state index contributed by atoms with van der Waals surface area (Å²) >= 11 is 11.6. The Balaban J connectivity index is 2.88. The van der Waals surface area contributed by atoms with E-state index in [1.807, 2.05) is 0 Å². The van der Waals surface area contributed by atoms with Gasteiger partial charge in [0.05, 0.1) is 5.02 Å². The summed E-state index contributed by atoms with van der Waals surface area (Å²) in [5.41, 5.74) is 0. The summed E-state index contributed by atoms with van der Waals surface area (Å²) in [6.07, 6.45) is -0.543. The SMILES string of the molecule is CCC(Oc1cccc(Cl)c1Cl)C(=O)O. The Hall–Kier alpha value is -0.930. The van der Waals surface area contributed by atoms with Gasteiger partial charge in [0.1, 0.15) is 10.8 Å². The van der Waals surface area contributed by atoms with Crippen LogP contribution in [0.5, 0.6) is 5.75 Å². The van der Waals surface area contributed by atoms with E-state index in [2.05, 4.69) is 0 Å². The summed E-state index contributed by atoms with van der Waals surface area (Å²) in [7, 11) is 0. The number of halogens is 2. The summed E-state index contributed by atoms with van der Waals surface area (Å²) in [5.74, 6) is -0.730. The van der Waals surface area contributed by atoms with Crippen LogP contribution >= 0.6 is 23.2 Å². The summed E-state index contributed by atoms with van der Waals surface area (Å²) in [4.78, 5) is 10.7. The molecule has 82 valence electrons. The van der Waals surface area contributed by atoms with Crippen LogP contribution < -0.4 is 4.74 Å². The molecular formula is C10H10Cl2O3. The molecule has 0 spiro atoms. The summed E-state index contributed by atoms with van der Waals surface area (Å²) in [6, 6.07) is 4.84. The minimum atomic E-state index is -1.02. The zero-order valence-corrected chi connectivity index (χ0v) is 9.55. The number of hydrogen-bond donors (Lipinski definition) is 1. The van der Waals surface area contributed by atoms with Gasteiger partial charge in [-0.05, 0) is 18.6 Å². The molecule has 5 heteroatoms. The van der Waals surface area contributed by atoms with Gasteiger partial charge in [-0.1, -0.05) is 36.2 Å². The Morgan fingerprint density at radius 2 is 2.20 bits per heavy atom. The van der Waals surface area contributed by atoms with Gasteiger partial charge in [0.15, 0.2) is 6.10 Å². The van der Waals surface area contributed by atoms with Crippen molar-refractivity contribution < 1.29 is 14.6 Å². The van der Waals surface area contributed by atoms with Gasteiger partial charge in [0.25, 0.3) is 0 Å². The molecule has 1 aromatic rings. The number of carboxylic acid groups (broad SMARTS) is 1. The molecule has 1 aromatic carbocycles. The van der Waals surface area contributed by atoms with Crippen molar-refractivity contribution in [2.45, 2.75) is 19.4 Å². The fourth-order valence-corrected chi connectivity index (χ4v) is 1.37. The second-order valence-electron chi connectivity index (χ2n) is 2.90. The van der Waals surface area contributed by atoms with Crippen LogP contribution in [-0.2, 0) is 4.79 Å². The number of rotatable bonds is 4. The Morgan fingerprint density at radius 1 is 1.53 bits per heavy atom. The maximum absolute atomic E-state index is 10.7. The van der Waals surface area contributed by atoms with Gasteiger partial charge in [0.2, 0.25) is 0 Å². The normalized spacial score (nSPS) is 12.2. The van der Waals surface area contributed by atoms with Gasteiger partial charge >= 0.3 is 5.97 Å². The molecule has 0 amide bonds. The molecule has 0 radical (unpaired) electrons. The highest BCUT2D eigenvalue weighted by Crippen LogP contribution is 2.32. The van der Waals surface area contributed by atoms with E-state index in [1.54, 1.807) is 25.1 Å². The van der Waals surface area contributed by atoms with Gasteiger partial charge in [-0.15, -0.1) is 0 Å². The maximum Gasteiger partial charge on any atom is 0.344 e. The van der Waals surface area contributed by atoms with E-state index in [9.17, 15) is 4.79 Å². The largest absolute Gasteiger partial charge is 0.479 e. The minimum Gasteiger partial charge on any atom is -0.479 e. The van der Waals surface area contributed by atoms with Gasteiger partial charge in [0, 0.05) is 0 Å². The van der Waals surface area contributed by atoms with Crippen LogP contribution in [0.2, 0.25) is 10.0 Å². The first-order chi connectivity index (χ1) is 7.06. The number of ether oxygens (including phenoxy) is 1. The van der Waals surface area contributed by atoms with E-state index < -0.39 is 12.1 Å². The van der Waals surface area contributed by atoms with Gasteiger partial charge < -0.3 is 9.84 Å². The molecule has 1 unspecified atom stereocenters. The zero-order chi connectivity index (χ0) is 11.4. The molecule has 0 aliphatic rings. The van der Waals surface area contributed by atoms with Crippen LogP contribution in [0.15, 0.2) is 18.2 Å². The van der Waals surface area contributed by atoms with Crippen LogP contribution in [0.1, 0.15) is 13.3 Å². The maximum atomic E-state index is 10.7. The number of hydrogen-bond acceptors (Lipinski definition) is 2. The fourth-order valence-electron chi connectivity index (χ4n) is 1.04. The van der Waals surface area contributed by atoms with Crippen molar-refractivity contribution in [2.75, 3.05) is 0 Å². The molecule has 0 aliphatic carbocycles. The molecule has 0 aliphatic heterocycles. The predicted octanol–water partition coefficient (Wildman–Crippen LogP) is 3.24. The monoisotopic (exact) mass is 248 g/mol. The van der Waals surface area contributed by atoms with Crippen LogP contribution in [0.3, 0.4) is 0 Å². The molecule has 3 nitrogen and oxygen atoms in total. The summed E-state index contributed by atoms with van der Waals surface area (Å²) < 4.78 is 5.22. The third-order valence-corrected chi connectivity index (χ3v) is 2.63. The van der Waals surface area contributed by atoms with Crippen molar-refractivity contribution in [2.24, 2.45) is 0 Å². The topological polar surface area (TPSA) is 46.5 Å². The van der Waals surface area contributed by atoms with Crippen molar-refractivity contribution >= 4 is 29.2 Å². The first-order valence-corrected chi connectivity index (χ1v) is 5.15. The highest BCUT2D eigenvalue weighted by molar-refractivity contribution is 6.42. The summed E-state index contributed by atoms with van der Waals surface area (Å²) in [5, 5.41) is 9.37. The van der Waals surface area contributed by atoms with E-state index in [0.717, 1.165) is 0 Å². The first-order valence-electron chi connectivity index (χ1n) is 4.39. The van der Waals surface area contributed by atoms with Crippen molar-refractivity contribution in [1.82, 2.24) is 0 Å². The molecule has 0 saturated heterocycles. The van der Waals surface area contributed by atoms with E-state index >= 15 is 0 Å². The average Bonchev–Trinajstić information content (AvgIpc) is 2.19. The highest BCUT2D eigenvalue weighted by atomic mass is 35.5. The average molecular weight is 249 g/mol. The summed E-state index contributed by atoms with van der Waals surface area (Å²) in [6.45, 7) is 1.72. The molecule has 1 rings (SSSR count). The van der Waals surface area contributed by atoms with Crippen LogP contribution in [-0.4, -0.2) is 17.2 Å². The lowest BCUT2D eigenvalue weighted by Gasteiger charge is -2.14. The molecule has 0 saturated carbocycles. The van der Waals surface area contributed by atoms with Gasteiger partial charge in [-0.3, -0.25) is 0 Å². The molecule has 1 N–H and O–H groups in total. The van der Waals surface area contributed by atoms with E-state index in [-0.39, 0.29) is 5.02 Å². The number of carbonyl (C=O) groups is 1.